The summed E-state index contributed by atoms with van der Waals surface area (Å²) in [6, 6.07) is 17.1. The molecule has 0 saturated carbocycles. The monoisotopic (exact) mass is 507 g/mol. The first-order valence-corrected chi connectivity index (χ1v) is 12.5. The number of thiophene rings is 1. The Morgan fingerprint density at radius 1 is 1.00 bits per heavy atom. The Hall–Kier alpha value is -3.85. The second kappa shape index (κ2) is 10.8. The van der Waals surface area contributed by atoms with Gasteiger partial charge in [-0.2, -0.15) is 0 Å². The Balaban J connectivity index is 1.66. The van der Waals surface area contributed by atoms with Crippen molar-refractivity contribution in [3.8, 4) is 11.5 Å². The van der Waals surface area contributed by atoms with Gasteiger partial charge in [0.1, 0.15) is 6.04 Å². The molecule has 1 unspecified atom stereocenters. The molecule has 2 N–H and O–H groups in total. The van der Waals surface area contributed by atoms with Crippen LogP contribution < -0.4 is 20.1 Å². The number of rotatable bonds is 8. The molecule has 0 radical (unpaired) electrons. The highest BCUT2D eigenvalue weighted by Crippen LogP contribution is 2.34. The van der Waals surface area contributed by atoms with Crippen molar-refractivity contribution in [2.24, 2.45) is 0 Å². The third kappa shape index (κ3) is 6.23. The lowest BCUT2D eigenvalue weighted by Crippen LogP contribution is -2.50. The van der Waals surface area contributed by atoms with E-state index in [2.05, 4.69) is 10.6 Å². The van der Waals surface area contributed by atoms with Gasteiger partial charge in [-0.3, -0.25) is 14.4 Å². The zero-order valence-corrected chi connectivity index (χ0v) is 21.3. The fourth-order valence-corrected chi connectivity index (χ4v) is 4.50. The summed E-state index contributed by atoms with van der Waals surface area (Å²) >= 11 is 1.29. The second-order valence-corrected chi connectivity index (χ2v) is 10.4. The van der Waals surface area contributed by atoms with Gasteiger partial charge in [0.25, 0.3) is 5.91 Å². The number of benzene rings is 2. The van der Waals surface area contributed by atoms with Gasteiger partial charge in [0, 0.05) is 12.1 Å². The van der Waals surface area contributed by atoms with E-state index in [9.17, 15) is 14.4 Å². The van der Waals surface area contributed by atoms with Crippen LogP contribution in [0.25, 0.3) is 0 Å². The highest BCUT2D eigenvalue weighted by Gasteiger charge is 2.33. The zero-order valence-electron chi connectivity index (χ0n) is 20.4. The highest BCUT2D eigenvalue weighted by molar-refractivity contribution is 7.12. The van der Waals surface area contributed by atoms with Crippen LogP contribution >= 0.6 is 11.3 Å². The van der Waals surface area contributed by atoms with E-state index in [1.165, 1.54) is 16.2 Å². The SMILES string of the molecule is CC(C)(C)NC(=O)C(c1ccccc1)N(Cc1ccc2c(c1)OCO2)C(=O)CNC(=O)c1cccs1. The van der Waals surface area contributed by atoms with Crippen molar-refractivity contribution in [2.45, 2.75) is 38.9 Å². The predicted octanol–water partition coefficient (Wildman–Crippen LogP) is 3.89. The number of nitrogens with one attached hydrogen (secondary N) is 2. The van der Waals surface area contributed by atoms with Crippen molar-refractivity contribution >= 4 is 29.1 Å². The molecule has 8 nitrogen and oxygen atoms in total. The van der Waals surface area contributed by atoms with Crippen LogP contribution in [0.5, 0.6) is 11.5 Å². The van der Waals surface area contributed by atoms with Crippen molar-refractivity contribution in [2.75, 3.05) is 13.3 Å². The summed E-state index contributed by atoms with van der Waals surface area (Å²) in [6.45, 7) is 5.67. The molecule has 0 fully saturated rings. The fourth-order valence-electron chi connectivity index (χ4n) is 3.86. The maximum atomic E-state index is 13.6. The quantitative estimate of drug-likeness (QED) is 0.482. The molecule has 3 aromatic rings. The van der Waals surface area contributed by atoms with Gasteiger partial charge in [-0.15, -0.1) is 11.3 Å². The summed E-state index contributed by atoms with van der Waals surface area (Å²) in [6.07, 6.45) is 0. The first-order valence-electron chi connectivity index (χ1n) is 11.6. The minimum absolute atomic E-state index is 0.126. The Bertz CT molecular complexity index is 1220. The van der Waals surface area contributed by atoms with Crippen LogP contribution in [-0.4, -0.2) is 41.5 Å². The van der Waals surface area contributed by atoms with Gasteiger partial charge >= 0.3 is 0 Å². The Morgan fingerprint density at radius 2 is 1.75 bits per heavy atom. The average Bonchev–Trinajstić information content (AvgIpc) is 3.53. The lowest BCUT2D eigenvalue weighted by Gasteiger charge is -2.34. The largest absolute Gasteiger partial charge is 0.454 e. The van der Waals surface area contributed by atoms with Gasteiger partial charge in [-0.25, -0.2) is 0 Å². The Morgan fingerprint density at radius 3 is 2.44 bits per heavy atom. The average molecular weight is 508 g/mol. The maximum Gasteiger partial charge on any atom is 0.261 e. The van der Waals surface area contributed by atoms with Crippen molar-refractivity contribution in [3.63, 3.8) is 0 Å². The smallest absolute Gasteiger partial charge is 0.261 e. The summed E-state index contributed by atoms with van der Waals surface area (Å²) in [5.41, 5.74) is 0.921. The minimum Gasteiger partial charge on any atom is -0.454 e. The maximum absolute atomic E-state index is 13.6. The molecule has 1 aliphatic rings. The number of nitrogens with zero attached hydrogens (tertiary/aromatic N) is 1. The number of hydrogen-bond donors (Lipinski definition) is 2. The van der Waals surface area contributed by atoms with Crippen molar-refractivity contribution < 1.29 is 23.9 Å². The third-order valence-corrected chi connectivity index (χ3v) is 6.30. The van der Waals surface area contributed by atoms with Gasteiger partial charge in [0.05, 0.1) is 11.4 Å². The molecule has 4 rings (SSSR count). The molecule has 2 heterocycles. The van der Waals surface area contributed by atoms with E-state index >= 15 is 0 Å². The van der Waals surface area contributed by atoms with Gasteiger partial charge < -0.3 is 25.0 Å². The molecule has 0 spiro atoms. The molecule has 2 aromatic carbocycles. The van der Waals surface area contributed by atoms with E-state index in [0.29, 0.717) is 21.9 Å². The third-order valence-electron chi connectivity index (χ3n) is 5.43. The van der Waals surface area contributed by atoms with E-state index in [0.717, 1.165) is 5.56 Å². The topological polar surface area (TPSA) is 97.0 Å². The number of ether oxygens (including phenoxy) is 2. The highest BCUT2D eigenvalue weighted by atomic mass is 32.1. The molecule has 0 saturated heterocycles. The van der Waals surface area contributed by atoms with Gasteiger partial charge in [0.2, 0.25) is 18.6 Å². The van der Waals surface area contributed by atoms with Crippen molar-refractivity contribution in [1.29, 1.82) is 0 Å². The van der Waals surface area contributed by atoms with Gasteiger partial charge in [-0.05, 0) is 55.5 Å². The molecule has 0 bridgehead atoms. The van der Waals surface area contributed by atoms with Crippen LogP contribution in [0.15, 0.2) is 66.0 Å². The number of amides is 3. The zero-order chi connectivity index (χ0) is 25.7. The predicted molar refractivity (Wildman–Crippen MR) is 137 cm³/mol. The van der Waals surface area contributed by atoms with E-state index in [1.54, 1.807) is 29.6 Å². The molecule has 3 amide bonds. The molecule has 1 atom stereocenters. The summed E-state index contributed by atoms with van der Waals surface area (Å²) in [7, 11) is 0. The fraction of sp³-hybridized carbons (Fsp3) is 0.296. The second-order valence-electron chi connectivity index (χ2n) is 9.42. The Labute approximate surface area is 214 Å². The first-order chi connectivity index (χ1) is 17.2. The molecule has 9 heteroatoms. The van der Waals surface area contributed by atoms with E-state index in [-0.39, 0.29) is 31.7 Å². The van der Waals surface area contributed by atoms with Gasteiger partial charge in [-0.1, -0.05) is 42.5 Å². The molecular weight excluding hydrogens is 478 g/mol. The molecular formula is C27H29N3O5S. The lowest BCUT2D eigenvalue weighted by atomic mass is 10.0. The summed E-state index contributed by atoms with van der Waals surface area (Å²) in [4.78, 5) is 41.7. The minimum atomic E-state index is -0.915. The van der Waals surface area contributed by atoms with Crippen molar-refractivity contribution in [1.82, 2.24) is 15.5 Å². The molecule has 1 aromatic heterocycles. The molecule has 188 valence electrons. The van der Waals surface area contributed by atoms with E-state index < -0.39 is 17.5 Å². The van der Waals surface area contributed by atoms with Crippen LogP contribution in [0, 0.1) is 0 Å². The normalized spacial score (nSPS) is 13.1. The number of hydrogen-bond acceptors (Lipinski definition) is 6. The number of carbonyl (C=O) groups is 3. The first kappa shape index (κ1) is 25.2. The van der Waals surface area contributed by atoms with E-state index in [1.807, 2.05) is 57.2 Å². The van der Waals surface area contributed by atoms with Crippen LogP contribution in [0.3, 0.4) is 0 Å². The standard InChI is InChI=1S/C27H29N3O5S/c1-27(2,3)29-26(33)24(19-8-5-4-6-9-19)30(16-18-11-12-20-21(14-18)35-17-34-20)23(31)15-28-25(32)22-10-7-13-36-22/h4-14,24H,15-17H2,1-3H3,(H,28,32)(H,29,33). The number of carbonyl (C=O) groups excluding carboxylic acids is 3. The van der Waals surface area contributed by atoms with Crippen molar-refractivity contribution in [3.05, 3.63) is 82.0 Å². The lowest BCUT2D eigenvalue weighted by molar-refractivity contribution is -0.141. The molecule has 1 aliphatic heterocycles. The Kier molecular flexibility index (Phi) is 7.59. The van der Waals surface area contributed by atoms with Crippen LogP contribution in [-0.2, 0) is 16.1 Å². The summed E-state index contributed by atoms with van der Waals surface area (Å²) in [5, 5.41) is 7.49. The van der Waals surface area contributed by atoms with Gasteiger partial charge in [0.15, 0.2) is 11.5 Å². The molecule has 36 heavy (non-hydrogen) atoms. The summed E-state index contributed by atoms with van der Waals surface area (Å²) in [5.74, 6) is 0.172. The van der Waals surface area contributed by atoms with Crippen LogP contribution in [0.2, 0.25) is 0 Å². The molecule has 0 aliphatic carbocycles. The van der Waals surface area contributed by atoms with Crippen LogP contribution in [0.1, 0.15) is 47.6 Å². The van der Waals surface area contributed by atoms with E-state index in [4.69, 9.17) is 9.47 Å². The van der Waals surface area contributed by atoms with Crippen LogP contribution in [0.4, 0.5) is 0 Å². The summed E-state index contributed by atoms with van der Waals surface area (Å²) < 4.78 is 10.9. The number of fused-ring (bicyclic) bond motifs is 1.